The molecule has 2 saturated carbocycles. The number of benzene rings is 2. The highest BCUT2D eigenvalue weighted by Crippen LogP contribution is 2.46. The van der Waals surface area contributed by atoms with E-state index in [4.69, 9.17) is 4.99 Å². The molecule has 0 aromatic heterocycles. The van der Waals surface area contributed by atoms with E-state index in [0.29, 0.717) is 29.4 Å². The van der Waals surface area contributed by atoms with E-state index in [2.05, 4.69) is 17.2 Å². The fourth-order valence-corrected chi connectivity index (χ4v) is 6.50. The second-order valence-corrected chi connectivity index (χ2v) is 13.0. The molecule has 1 aliphatic heterocycles. The molecule has 2 aromatic rings. The molecule has 2 aliphatic carbocycles. The molecular formula is C29H32F4N4O3S. The molecule has 5 rings (SSSR count). The number of amides is 1. The lowest BCUT2D eigenvalue weighted by Gasteiger charge is -2.27. The van der Waals surface area contributed by atoms with Crippen LogP contribution in [0.2, 0.25) is 0 Å². The minimum Gasteiger partial charge on any atom is -0.357 e. The van der Waals surface area contributed by atoms with Gasteiger partial charge in [-0.1, -0.05) is 25.1 Å². The first kappa shape index (κ1) is 29.2. The monoisotopic (exact) mass is 592 g/mol. The van der Waals surface area contributed by atoms with Crippen LogP contribution in [0.15, 0.2) is 70.6 Å². The Kier molecular flexibility index (Phi) is 7.99. The maximum Gasteiger partial charge on any atom is 0.416 e. The van der Waals surface area contributed by atoms with Gasteiger partial charge >= 0.3 is 6.18 Å². The summed E-state index contributed by atoms with van der Waals surface area (Å²) in [4.78, 5) is 17.5. The van der Waals surface area contributed by atoms with Gasteiger partial charge in [0.15, 0.2) is 0 Å². The summed E-state index contributed by atoms with van der Waals surface area (Å²) in [6.07, 6.45) is 0.577. The predicted octanol–water partition coefficient (Wildman–Crippen LogP) is 4.80. The molecule has 0 bridgehead atoms. The molecule has 2 fully saturated rings. The summed E-state index contributed by atoms with van der Waals surface area (Å²) in [7, 11) is -4.14. The lowest BCUT2D eigenvalue weighted by molar-refractivity contribution is -0.137. The summed E-state index contributed by atoms with van der Waals surface area (Å²) in [6, 6.07) is 8.11. The number of aliphatic imine (C=N–C) groups is 1. The van der Waals surface area contributed by atoms with Gasteiger partial charge in [0.1, 0.15) is 17.7 Å². The first-order valence-corrected chi connectivity index (χ1v) is 15.1. The smallest absolute Gasteiger partial charge is 0.357 e. The number of halogens is 4. The third-order valence-electron chi connectivity index (χ3n) is 8.06. The standard InChI is InChI=1S/C29H32F4N4O3S/c1-19(26-35-25(28(36-26)14-15-28)27(38)34-17-20-3-2-4-20)13-16-37(41(39,40)24-11-9-23(30)10-12-24)18-21-5-7-22(8-6-21)29(31,32)33/h5-12,20,25H,1-4,13-18H2,(H,34,38)(H,35,36). The van der Waals surface area contributed by atoms with Crippen molar-refractivity contribution in [2.45, 2.75) is 67.7 Å². The number of hydrogen-bond donors (Lipinski definition) is 2. The fourth-order valence-electron chi connectivity index (χ4n) is 5.07. The molecule has 1 unspecified atom stereocenters. The van der Waals surface area contributed by atoms with Crippen molar-refractivity contribution in [2.75, 3.05) is 13.1 Å². The van der Waals surface area contributed by atoms with Crippen molar-refractivity contribution in [1.82, 2.24) is 14.9 Å². The molecular weight excluding hydrogens is 560 g/mol. The molecule has 1 atom stereocenters. The topological polar surface area (TPSA) is 90.9 Å². The lowest BCUT2D eigenvalue weighted by Crippen LogP contribution is -2.50. The molecule has 7 nitrogen and oxygen atoms in total. The minimum absolute atomic E-state index is 0.0637. The average Bonchev–Trinajstić information content (AvgIpc) is 3.56. The van der Waals surface area contributed by atoms with E-state index in [1.807, 2.05) is 0 Å². The number of nitrogens with zero attached hydrogens (tertiary/aromatic N) is 2. The molecule has 41 heavy (non-hydrogen) atoms. The van der Waals surface area contributed by atoms with Gasteiger partial charge in [0.25, 0.3) is 0 Å². The summed E-state index contributed by atoms with van der Waals surface area (Å²) < 4.78 is 80.7. The van der Waals surface area contributed by atoms with Gasteiger partial charge in [0, 0.05) is 19.6 Å². The van der Waals surface area contributed by atoms with Crippen LogP contribution in [0.1, 0.15) is 49.7 Å². The van der Waals surface area contributed by atoms with Crippen molar-refractivity contribution >= 4 is 21.8 Å². The molecule has 0 radical (unpaired) electrons. The van der Waals surface area contributed by atoms with Crippen LogP contribution in [0.4, 0.5) is 17.6 Å². The summed E-state index contributed by atoms with van der Waals surface area (Å²) in [5.74, 6) is 0.269. The van der Waals surface area contributed by atoms with Gasteiger partial charge in [-0.3, -0.25) is 9.79 Å². The number of alkyl halides is 3. The lowest BCUT2D eigenvalue weighted by atomic mass is 9.85. The maximum atomic E-state index is 13.5. The van der Waals surface area contributed by atoms with Crippen LogP contribution in [-0.2, 0) is 27.5 Å². The number of sulfonamides is 1. The van der Waals surface area contributed by atoms with Crippen LogP contribution in [-0.4, -0.2) is 49.1 Å². The van der Waals surface area contributed by atoms with E-state index in [0.717, 1.165) is 66.4 Å². The molecule has 3 aliphatic rings. The Morgan fingerprint density at radius 2 is 1.76 bits per heavy atom. The quantitative estimate of drug-likeness (QED) is 0.367. The number of nitrogens with one attached hydrogen (secondary N) is 2. The fraction of sp³-hybridized carbons (Fsp3) is 0.448. The Balaban J connectivity index is 1.29. The number of rotatable bonds is 11. The van der Waals surface area contributed by atoms with Gasteiger partial charge < -0.3 is 10.6 Å². The number of amidine groups is 1. The second kappa shape index (κ2) is 11.2. The first-order chi connectivity index (χ1) is 19.4. The molecule has 1 spiro atoms. The van der Waals surface area contributed by atoms with E-state index < -0.39 is 39.2 Å². The predicted molar refractivity (Wildman–Crippen MR) is 146 cm³/mol. The largest absolute Gasteiger partial charge is 0.416 e. The molecule has 2 aromatic carbocycles. The van der Waals surface area contributed by atoms with E-state index in [-0.39, 0.29) is 30.3 Å². The van der Waals surface area contributed by atoms with E-state index in [1.54, 1.807) is 0 Å². The van der Waals surface area contributed by atoms with E-state index >= 15 is 0 Å². The van der Waals surface area contributed by atoms with Gasteiger partial charge in [-0.15, -0.1) is 0 Å². The van der Waals surface area contributed by atoms with E-state index in [9.17, 15) is 30.8 Å². The molecule has 1 heterocycles. The summed E-state index contributed by atoms with van der Waals surface area (Å²) in [5, 5.41) is 6.22. The SMILES string of the molecule is C=C(CCN(Cc1ccc(C(F)(F)F)cc1)S(=O)(=O)c1ccc(F)cc1)C1=NC2(CC2)C(C(=O)NCC2CCC2)N1. The Morgan fingerprint density at radius 1 is 1.10 bits per heavy atom. The van der Waals surface area contributed by atoms with Gasteiger partial charge in [-0.2, -0.15) is 17.5 Å². The van der Waals surface area contributed by atoms with Gasteiger partial charge in [0.2, 0.25) is 15.9 Å². The van der Waals surface area contributed by atoms with Crippen LogP contribution < -0.4 is 10.6 Å². The van der Waals surface area contributed by atoms with Crippen LogP contribution in [0.3, 0.4) is 0 Å². The molecule has 2 N–H and O–H groups in total. The van der Waals surface area contributed by atoms with Crippen LogP contribution in [0.5, 0.6) is 0 Å². The van der Waals surface area contributed by atoms with Crippen molar-refractivity contribution in [1.29, 1.82) is 0 Å². The van der Waals surface area contributed by atoms with Crippen LogP contribution in [0.25, 0.3) is 0 Å². The molecule has 0 saturated heterocycles. The van der Waals surface area contributed by atoms with Gasteiger partial charge in [-0.25, -0.2) is 12.8 Å². The zero-order chi connectivity index (χ0) is 29.4. The van der Waals surface area contributed by atoms with Gasteiger partial charge in [0.05, 0.1) is 16.0 Å². The number of hydrogen-bond acceptors (Lipinski definition) is 5. The summed E-state index contributed by atoms with van der Waals surface area (Å²) >= 11 is 0. The van der Waals surface area contributed by atoms with Crippen molar-refractivity contribution in [2.24, 2.45) is 10.9 Å². The van der Waals surface area contributed by atoms with Crippen molar-refractivity contribution in [3.05, 3.63) is 77.6 Å². The molecule has 1 amide bonds. The highest BCUT2D eigenvalue weighted by atomic mass is 32.2. The Hall–Kier alpha value is -3.25. The average molecular weight is 593 g/mol. The van der Waals surface area contributed by atoms with E-state index in [1.165, 1.54) is 18.6 Å². The first-order valence-electron chi connectivity index (χ1n) is 13.6. The number of carbonyl (C=O) groups excluding carboxylic acids is 1. The zero-order valence-electron chi connectivity index (χ0n) is 22.4. The highest BCUT2D eigenvalue weighted by molar-refractivity contribution is 7.89. The minimum atomic E-state index is -4.52. The van der Waals surface area contributed by atoms with Crippen molar-refractivity contribution < 1.29 is 30.8 Å². The molecule has 12 heteroatoms. The Bertz CT molecular complexity index is 1430. The normalized spacial score (nSPS) is 19.9. The maximum absolute atomic E-state index is 13.5. The Morgan fingerprint density at radius 3 is 2.32 bits per heavy atom. The van der Waals surface area contributed by atoms with Crippen LogP contribution in [0, 0.1) is 11.7 Å². The Labute approximate surface area is 236 Å². The third kappa shape index (κ3) is 6.48. The van der Waals surface area contributed by atoms with Gasteiger partial charge in [-0.05, 0) is 85.6 Å². The van der Waals surface area contributed by atoms with Crippen molar-refractivity contribution in [3.63, 3.8) is 0 Å². The number of carbonyl (C=O) groups is 1. The zero-order valence-corrected chi connectivity index (χ0v) is 23.2. The van der Waals surface area contributed by atoms with Crippen LogP contribution >= 0.6 is 0 Å². The summed E-state index contributed by atoms with van der Waals surface area (Å²) in [6.45, 7) is 4.45. The highest BCUT2D eigenvalue weighted by Gasteiger charge is 2.56. The third-order valence-corrected chi connectivity index (χ3v) is 9.92. The molecule has 220 valence electrons. The van der Waals surface area contributed by atoms with Crippen molar-refractivity contribution in [3.8, 4) is 0 Å². The second-order valence-electron chi connectivity index (χ2n) is 11.0. The summed E-state index contributed by atoms with van der Waals surface area (Å²) in [5.41, 5.74) is -0.488.